The van der Waals surface area contributed by atoms with Gasteiger partial charge in [-0.2, -0.15) is 0 Å². The van der Waals surface area contributed by atoms with Gasteiger partial charge in [0.2, 0.25) is 0 Å². The van der Waals surface area contributed by atoms with Crippen LogP contribution in [-0.4, -0.2) is 4.98 Å². The van der Waals surface area contributed by atoms with E-state index in [1.54, 1.807) is 0 Å². The molecule has 8 heavy (non-hydrogen) atoms. The maximum absolute atomic E-state index is 5.44. The highest BCUT2D eigenvalue weighted by atomic mass is 35.5. The fraction of sp³-hybridized carbons (Fsp3) is 0. The van der Waals surface area contributed by atoms with Crippen LogP contribution in [0.4, 0.5) is 5.13 Å². The molecule has 0 spiro atoms. The van der Waals surface area contributed by atoms with Crippen LogP contribution in [0.15, 0.2) is 6.20 Å². The number of nitrogen functional groups attached to an aromatic ring is 1. The van der Waals surface area contributed by atoms with Crippen LogP contribution in [-0.2, 0) is 0 Å². The topological polar surface area (TPSA) is 38.9 Å². The van der Waals surface area contributed by atoms with Gasteiger partial charge in [0.1, 0.15) is 4.34 Å². The first-order valence-electron chi connectivity index (χ1n) is 1.66. The summed E-state index contributed by atoms with van der Waals surface area (Å²) in [5.41, 5.74) is 5.20. The van der Waals surface area contributed by atoms with Gasteiger partial charge in [0.25, 0.3) is 0 Å². The molecule has 0 amide bonds. The molecule has 2 nitrogen and oxygen atoms in total. The minimum Gasteiger partial charge on any atom is -1.00 e. The first-order valence-corrected chi connectivity index (χ1v) is 2.85. The third-order valence-corrected chi connectivity index (χ3v) is 1.44. The molecule has 0 aromatic carbocycles. The van der Waals surface area contributed by atoms with Crippen LogP contribution in [0, 0.1) is 0 Å². The Morgan fingerprint density at radius 1 is 1.75 bits per heavy atom. The summed E-state index contributed by atoms with van der Waals surface area (Å²) in [6.07, 6.45) is 1.53. The number of hydrogen-bond acceptors (Lipinski definition) is 3. The van der Waals surface area contributed by atoms with E-state index < -0.39 is 0 Å². The van der Waals surface area contributed by atoms with Crippen molar-refractivity contribution in [3.63, 3.8) is 0 Å². The zero-order valence-corrected chi connectivity index (χ0v) is 6.09. The largest absolute Gasteiger partial charge is 1.00 e. The van der Waals surface area contributed by atoms with E-state index in [4.69, 9.17) is 17.3 Å². The van der Waals surface area contributed by atoms with Gasteiger partial charge in [0.15, 0.2) is 5.13 Å². The quantitative estimate of drug-likeness (QED) is 0.508. The van der Waals surface area contributed by atoms with Crippen LogP contribution in [0.2, 0.25) is 4.34 Å². The van der Waals surface area contributed by atoms with E-state index in [1.165, 1.54) is 17.5 Å². The molecule has 0 fully saturated rings. The van der Waals surface area contributed by atoms with E-state index in [0.29, 0.717) is 9.47 Å². The lowest BCUT2D eigenvalue weighted by atomic mass is 11.0. The van der Waals surface area contributed by atoms with E-state index in [-0.39, 0.29) is 12.4 Å². The van der Waals surface area contributed by atoms with Gasteiger partial charge < -0.3 is 18.1 Å². The molecule has 0 aliphatic rings. The molecule has 0 radical (unpaired) electrons. The summed E-state index contributed by atoms with van der Waals surface area (Å²) >= 11 is 6.71. The van der Waals surface area contributed by atoms with Gasteiger partial charge in [-0.15, -0.1) is 0 Å². The van der Waals surface area contributed by atoms with Crippen LogP contribution in [0.5, 0.6) is 0 Å². The number of nitrogens with two attached hydrogens (primary N) is 1. The molecule has 1 aromatic heterocycles. The van der Waals surface area contributed by atoms with Crippen LogP contribution < -0.4 is 18.1 Å². The molecule has 0 unspecified atom stereocenters. The summed E-state index contributed by atoms with van der Waals surface area (Å²) in [5.74, 6) is 0. The first-order chi connectivity index (χ1) is 3.29. The third-order valence-electron chi connectivity index (χ3n) is 0.495. The lowest BCUT2D eigenvalue weighted by molar-refractivity contribution is -0.00000137. The summed E-state index contributed by atoms with van der Waals surface area (Å²) in [6.45, 7) is 0. The predicted octanol–water partition coefficient (Wildman–Crippen LogP) is -1.62. The standard InChI is InChI=1S/C3H3ClN2S.ClH/c4-2-1-6-3(5)7-2;/h1H,(H2,5,6);1H/p-1. The molecule has 0 saturated carbocycles. The van der Waals surface area contributed by atoms with Crippen molar-refractivity contribution in [3.05, 3.63) is 10.5 Å². The molecular weight excluding hydrogens is 167 g/mol. The van der Waals surface area contributed by atoms with Gasteiger partial charge in [-0.05, 0) is 0 Å². The summed E-state index contributed by atoms with van der Waals surface area (Å²) in [7, 11) is 0. The first kappa shape index (κ1) is 8.01. The van der Waals surface area contributed by atoms with Crippen LogP contribution in [0.1, 0.15) is 0 Å². The second kappa shape index (κ2) is 3.12. The highest BCUT2D eigenvalue weighted by Gasteiger charge is 1.89. The van der Waals surface area contributed by atoms with E-state index >= 15 is 0 Å². The average Bonchev–Trinajstić information content (AvgIpc) is 1.87. The van der Waals surface area contributed by atoms with Crippen molar-refractivity contribution in [2.45, 2.75) is 0 Å². The number of halogens is 2. The van der Waals surface area contributed by atoms with Crippen LogP contribution >= 0.6 is 22.9 Å². The highest BCUT2D eigenvalue weighted by Crippen LogP contribution is 2.18. The Hall–Kier alpha value is 0.01000. The van der Waals surface area contributed by atoms with E-state index in [1.807, 2.05) is 0 Å². The molecule has 0 aliphatic heterocycles. The zero-order valence-electron chi connectivity index (χ0n) is 3.77. The Bertz CT molecular complexity index is 148. The van der Waals surface area contributed by atoms with Gasteiger partial charge in [-0.3, -0.25) is 0 Å². The van der Waals surface area contributed by atoms with Gasteiger partial charge in [0, 0.05) is 0 Å². The third kappa shape index (κ3) is 1.86. The van der Waals surface area contributed by atoms with Crippen LogP contribution in [0.3, 0.4) is 0 Å². The van der Waals surface area contributed by atoms with Crippen LogP contribution in [0.25, 0.3) is 0 Å². The monoisotopic (exact) mass is 169 g/mol. The lowest BCUT2D eigenvalue weighted by Gasteiger charge is -1.68. The predicted molar refractivity (Wildman–Crippen MR) is 31.5 cm³/mol. The second-order valence-corrected chi connectivity index (χ2v) is 2.70. The summed E-state index contributed by atoms with van der Waals surface area (Å²) in [4.78, 5) is 3.68. The van der Waals surface area contributed by atoms with E-state index in [0.717, 1.165) is 0 Å². The molecule has 1 rings (SSSR count). The summed E-state index contributed by atoms with van der Waals surface area (Å²) in [6, 6.07) is 0. The lowest BCUT2D eigenvalue weighted by Crippen LogP contribution is -3.00. The van der Waals surface area contributed by atoms with Crippen molar-refractivity contribution in [1.29, 1.82) is 0 Å². The molecule has 2 N–H and O–H groups in total. The molecule has 0 saturated heterocycles. The Morgan fingerprint density at radius 2 is 2.38 bits per heavy atom. The molecule has 0 aliphatic carbocycles. The Kier molecular flexibility index (Phi) is 3.12. The van der Waals surface area contributed by atoms with Crippen molar-refractivity contribution in [3.8, 4) is 0 Å². The van der Waals surface area contributed by atoms with Gasteiger partial charge in [-0.1, -0.05) is 22.9 Å². The molecule has 5 heteroatoms. The second-order valence-electron chi connectivity index (χ2n) is 1.00. The van der Waals surface area contributed by atoms with E-state index in [2.05, 4.69) is 4.98 Å². The van der Waals surface area contributed by atoms with Gasteiger partial charge >= 0.3 is 0 Å². The molecule has 0 bridgehead atoms. The SMILES string of the molecule is Nc1ncc(Cl)s1.[Cl-]. The smallest absolute Gasteiger partial charge is 0.181 e. The fourth-order valence-electron chi connectivity index (χ4n) is 0.267. The van der Waals surface area contributed by atoms with Crippen molar-refractivity contribution >= 4 is 28.1 Å². The number of hydrogen-bond donors (Lipinski definition) is 1. The number of rotatable bonds is 0. The molecule has 1 heterocycles. The molecule has 1 aromatic rings. The maximum atomic E-state index is 5.44. The summed E-state index contributed by atoms with van der Waals surface area (Å²) in [5, 5.41) is 0.519. The number of thiazole rings is 1. The average molecular weight is 170 g/mol. The van der Waals surface area contributed by atoms with Gasteiger partial charge in [0.05, 0.1) is 6.20 Å². The number of nitrogens with zero attached hydrogens (tertiary/aromatic N) is 1. The number of aromatic nitrogens is 1. The zero-order chi connectivity index (χ0) is 5.28. The summed E-state index contributed by atoms with van der Waals surface area (Å²) < 4.78 is 0.637. The molecular formula is C3H3Cl2N2S-. The van der Waals surface area contributed by atoms with Crippen molar-refractivity contribution < 1.29 is 12.4 Å². The Morgan fingerprint density at radius 3 is 2.50 bits per heavy atom. The Labute approximate surface area is 62.1 Å². The van der Waals surface area contributed by atoms with Crippen molar-refractivity contribution in [2.24, 2.45) is 0 Å². The van der Waals surface area contributed by atoms with Crippen molar-refractivity contribution in [1.82, 2.24) is 4.98 Å². The van der Waals surface area contributed by atoms with Crippen molar-refractivity contribution in [2.75, 3.05) is 5.73 Å². The van der Waals surface area contributed by atoms with E-state index in [9.17, 15) is 0 Å². The minimum absolute atomic E-state index is 0. The highest BCUT2D eigenvalue weighted by molar-refractivity contribution is 7.19. The molecule has 0 atom stereocenters. The number of anilines is 1. The normalized spacial score (nSPS) is 8.12. The maximum Gasteiger partial charge on any atom is 0.181 e. The van der Waals surface area contributed by atoms with Gasteiger partial charge in [-0.25, -0.2) is 4.98 Å². The fourth-order valence-corrected chi connectivity index (χ4v) is 0.964. The minimum atomic E-state index is 0. The molecule has 46 valence electrons. The Balaban J connectivity index is 0.000000490.